The van der Waals surface area contributed by atoms with E-state index in [0.29, 0.717) is 23.2 Å². The number of ether oxygens (including phenoxy) is 3. The van der Waals surface area contributed by atoms with E-state index < -0.39 is 0 Å². The summed E-state index contributed by atoms with van der Waals surface area (Å²) < 4.78 is 21.7. The van der Waals surface area contributed by atoms with Crippen LogP contribution in [0, 0.1) is 6.92 Å². The van der Waals surface area contributed by atoms with Crippen LogP contribution in [0.1, 0.15) is 34.1 Å². The molecule has 1 unspecified atom stereocenters. The molecule has 0 radical (unpaired) electrons. The molecule has 0 saturated carbocycles. The molecular formula is C34H26N6O3. The van der Waals surface area contributed by atoms with Crippen molar-refractivity contribution in [1.82, 2.24) is 29.4 Å². The number of hydrogen-bond donors (Lipinski definition) is 0. The van der Waals surface area contributed by atoms with Gasteiger partial charge in [0.2, 0.25) is 11.8 Å². The topological polar surface area (TPSA) is 88.6 Å². The minimum atomic E-state index is -0.255. The standard InChI is InChI=1S/C34H26N6O3/c1-21-29-30(23-15-17-25(41-2)18-16-23)31-32-36-28(19-42-27-14-8-10-22-9-6-7-13-26(22)27)38-39(32)20-35-33(31)43-34(29)40(37-21)24-11-4-3-5-12-24/h3-18,20,30H,19H2,1-2H3. The van der Waals surface area contributed by atoms with Crippen molar-refractivity contribution in [2.75, 3.05) is 7.11 Å². The van der Waals surface area contributed by atoms with E-state index in [1.54, 1.807) is 18.0 Å². The maximum atomic E-state index is 6.53. The first-order valence-corrected chi connectivity index (χ1v) is 14.0. The quantitative estimate of drug-likeness (QED) is 0.223. The molecule has 43 heavy (non-hydrogen) atoms. The fraction of sp³-hybridized carbons (Fsp3) is 0.118. The highest BCUT2D eigenvalue weighted by Crippen LogP contribution is 2.49. The Hall–Kier alpha value is -5.70. The monoisotopic (exact) mass is 566 g/mol. The normalized spacial score (nSPS) is 13.9. The first-order valence-electron chi connectivity index (χ1n) is 14.0. The van der Waals surface area contributed by atoms with Crippen LogP contribution in [-0.4, -0.2) is 36.5 Å². The molecule has 0 bridgehead atoms. The lowest BCUT2D eigenvalue weighted by molar-refractivity contribution is 0.299. The van der Waals surface area contributed by atoms with Crippen molar-refractivity contribution in [1.29, 1.82) is 0 Å². The first kappa shape index (κ1) is 25.0. The number of benzene rings is 4. The molecule has 210 valence electrons. The lowest BCUT2D eigenvalue weighted by Crippen LogP contribution is -2.16. The van der Waals surface area contributed by atoms with Crippen LogP contribution in [0.2, 0.25) is 0 Å². The van der Waals surface area contributed by atoms with Crippen molar-refractivity contribution in [2.24, 2.45) is 0 Å². The molecule has 0 N–H and O–H groups in total. The summed E-state index contributed by atoms with van der Waals surface area (Å²) in [6.07, 6.45) is 1.63. The van der Waals surface area contributed by atoms with Gasteiger partial charge in [0.15, 0.2) is 11.5 Å². The minimum absolute atomic E-state index is 0.203. The molecule has 1 aliphatic heterocycles. The molecule has 8 rings (SSSR count). The summed E-state index contributed by atoms with van der Waals surface area (Å²) in [5.74, 6) is 2.94. The van der Waals surface area contributed by atoms with Crippen LogP contribution in [0.25, 0.3) is 22.1 Å². The van der Waals surface area contributed by atoms with Gasteiger partial charge in [0.05, 0.1) is 35.5 Å². The van der Waals surface area contributed by atoms with E-state index in [9.17, 15) is 0 Å². The Kier molecular flexibility index (Phi) is 5.82. The summed E-state index contributed by atoms with van der Waals surface area (Å²) in [5.41, 5.74) is 5.22. The maximum absolute atomic E-state index is 6.53. The molecule has 4 heterocycles. The van der Waals surface area contributed by atoms with Crippen molar-refractivity contribution in [2.45, 2.75) is 19.4 Å². The van der Waals surface area contributed by atoms with E-state index in [2.05, 4.69) is 24.3 Å². The second-order valence-electron chi connectivity index (χ2n) is 10.4. The number of fused-ring (bicyclic) bond motifs is 5. The Morgan fingerprint density at radius 3 is 2.47 bits per heavy atom. The number of aromatic nitrogens is 6. The van der Waals surface area contributed by atoms with Gasteiger partial charge < -0.3 is 14.2 Å². The summed E-state index contributed by atoms with van der Waals surface area (Å²) in [6, 6.07) is 32.2. The van der Waals surface area contributed by atoms with Crippen molar-refractivity contribution in [3.8, 4) is 28.9 Å². The molecule has 3 aromatic heterocycles. The van der Waals surface area contributed by atoms with Crippen LogP contribution in [0.5, 0.6) is 23.3 Å². The fourth-order valence-electron chi connectivity index (χ4n) is 5.82. The van der Waals surface area contributed by atoms with Gasteiger partial charge in [0.25, 0.3) is 0 Å². The van der Waals surface area contributed by atoms with Crippen LogP contribution >= 0.6 is 0 Å². The second-order valence-corrected chi connectivity index (χ2v) is 10.4. The first-order chi connectivity index (χ1) is 21.2. The third-order valence-corrected chi connectivity index (χ3v) is 7.82. The van der Waals surface area contributed by atoms with Crippen LogP contribution < -0.4 is 14.2 Å². The van der Waals surface area contributed by atoms with Crippen molar-refractivity contribution in [3.05, 3.63) is 132 Å². The molecule has 9 heteroatoms. The molecule has 1 aliphatic rings. The van der Waals surface area contributed by atoms with Crippen LogP contribution in [0.4, 0.5) is 0 Å². The Bertz CT molecular complexity index is 2110. The second kappa shape index (κ2) is 9.99. The lowest BCUT2D eigenvalue weighted by atomic mass is 9.84. The summed E-state index contributed by atoms with van der Waals surface area (Å²) in [6.45, 7) is 2.21. The molecule has 4 aromatic carbocycles. The number of hydrogen-bond acceptors (Lipinski definition) is 7. The SMILES string of the molecule is COc1ccc(C2c3c(C)nn(-c4ccccc4)c3Oc3ncn4nc(COc5cccc6ccccc56)nc4c32)cc1. The maximum Gasteiger partial charge on any atom is 0.230 e. The van der Waals surface area contributed by atoms with Crippen LogP contribution in [0.15, 0.2) is 103 Å². The average molecular weight is 567 g/mol. The van der Waals surface area contributed by atoms with Gasteiger partial charge in [0, 0.05) is 5.39 Å². The molecule has 0 spiro atoms. The Morgan fingerprint density at radius 2 is 1.63 bits per heavy atom. The van der Waals surface area contributed by atoms with Crippen molar-refractivity contribution in [3.63, 3.8) is 0 Å². The highest BCUT2D eigenvalue weighted by molar-refractivity contribution is 5.88. The van der Waals surface area contributed by atoms with E-state index in [4.69, 9.17) is 34.4 Å². The molecular weight excluding hydrogens is 540 g/mol. The zero-order valence-corrected chi connectivity index (χ0v) is 23.5. The lowest BCUT2D eigenvalue weighted by Gasteiger charge is -2.26. The minimum Gasteiger partial charge on any atom is -0.497 e. The van der Waals surface area contributed by atoms with E-state index in [1.165, 1.54) is 0 Å². The number of para-hydroxylation sites is 1. The van der Waals surface area contributed by atoms with E-state index in [0.717, 1.165) is 50.3 Å². The largest absolute Gasteiger partial charge is 0.497 e. The van der Waals surface area contributed by atoms with Gasteiger partial charge in [-0.25, -0.2) is 19.2 Å². The van der Waals surface area contributed by atoms with Gasteiger partial charge in [-0.15, -0.1) is 5.10 Å². The fourth-order valence-corrected chi connectivity index (χ4v) is 5.82. The van der Waals surface area contributed by atoms with Gasteiger partial charge in [-0.3, -0.25) is 0 Å². The highest BCUT2D eigenvalue weighted by atomic mass is 16.5. The van der Waals surface area contributed by atoms with Gasteiger partial charge in [-0.2, -0.15) is 5.10 Å². The average Bonchev–Trinajstić information content (AvgIpc) is 3.63. The van der Waals surface area contributed by atoms with E-state index in [-0.39, 0.29) is 12.5 Å². The number of methoxy groups -OCH3 is 1. The zero-order valence-electron chi connectivity index (χ0n) is 23.5. The number of rotatable bonds is 6. The molecule has 0 aliphatic carbocycles. The number of aryl methyl sites for hydroxylation is 1. The van der Waals surface area contributed by atoms with Crippen LogP contribution in [0.3, 0.4) is 0 Å². The summed E-state index contributed by atoms with van der Waals surface area (Å²) >= 11 is 0. The predicted octanol–water partition coefficient (Wildman–Crippen LogP) is 6.65. The Labute approximate surface area is 246 Å². The Morgan fingerprint density at radius 1 is 0.837 bits per heavy atom. The predicted molar refractivity (Wildman–Crippen MR) is 161 cm³/mol. The third-order valence-electron chi connectivity index (χ3n) is 7.82. The van der Waals surface area contributed by atoms with Gasteiger partial charge in [-0.1, -0.05) is 66.7 Å². The molecule has 0 saturated heterocycles. The van der Waals surface area contributed by atoms with Crippen molar-refractivity contribution < 1.29 is 14.2 Å². The van der Waals surface area contributed by atoms with Gasteiger partial charge in [-0.05, 0) is 48.2 Å². The summed E-state index contributed by atoms with van der Waals surface area (Å²) in [4.78, 5) is 9.66. The summed E-state index contributed by atoms with van der Waals surface area (Å²) in [7, 11) is 1.66. The van der Waals surface area contributed by atoms with Gasteiger partial charge >= 0.3 is 0 Å². The molecule has 7 aromatic rings. The van der Waals surface area contributed by atoms with E-state index >= 15 is 0 Å². The van der Waals surface area contributed by atoms with Gasteiger partial charge in [0.1, 0.15) is 24.4 Å². The van der Waals surface area contributed by atoms with Crippen molar-refractivity contribution >= 4 is 16.4 Å². The molecule has 0 amide bonds. The zero-order chi connectivity index (χ0) is 28.9. The Balaban J connectivity index is 1.25. The smallest absolute Gasteiger partial charge is 0.230 e. The molecule has 1 atom stereocenters. The summed E-state index contributed by atoms with van der Waals surface area (Å²) in [5, 5.41) is 11.8. The third kappa shape index (κ3) is 4.16. The van der Waals surface area contributed by atoms with Crippen LogP contribution in [-0.2, 0) is 6.61 Å². The highest BCUT2D eigenvalue weighted by Gasteiger charge is 2.38. The molecule has 9 nitrogen and oxygen atoms in total. The molecule has 0 fully saturated rings. The number of nitrogens with zero attached hydrogens (tertiary/aromatic N) is 6. The van der Waals surface area contributed by atoms with E-state index in [1.807, 2.05) is 84.4 Å².